The Labute approximate surface area is 141 Å². The van der Waals surface area contributed by atoms with Gasteiger partial charge in [-0.25, -0.2) is 4.39 Å². The van der Waals surface area contributed by atoms with Gasteiger partial charge in [-0.15, -0.1) is 10.2 Å². The molecule has 8 heteroatoms. The average molecular weight is 358 g/mol. The van der Waals surface area contributed by atoms with Crippen LogP contribution in [0.25, 0.3) is 0 Å². The Hall–Kier alpha value is -1.12. The number of thioether (sulfide) groups is 2. The number of amides is 1. The first-order valence-electron chi connectivity index (χ1n) is 6.77. The second-order valence-corrected chi connectivity index (χ2v) is 7.92. The molecule has 0 unspecified atom stereocenters. The highest BCUT2D eigenvalue weighted by atomic mass is 32.2. The number of hydrogen-bond donors (Lipinski definition) is 1. The number of halogens is 1. The van der Waals surface area contributed by atoms with Gasteiger partial charge in [0.25, 0.3) is 0 Å². The summed E-state index contributed by atoms with van der Waals surface area (Å²) >= 11 is 4.58. The van der Waals surface area contributed by atoms with Crippen LogP contribution in [0.15, 0.2) is 32.9 Å². The van der Waals surface area contributed by atoms with E-state index in [2.05, 4.69) is 22.4 Å². The molecular weight excluding hydrogens is 341 g/mol. The van der Waals surface area contributed by atoms with E-state index in [0.717, 1.165) is 26.4 Å². The zero-order valence-electron chi connectivity index (χ0n) is 12.0. The Morgan fingerprint density at radius 1 is 1.23 bits per heavy atom. The maximum atomic E-state index is 12.8. The van der Waals surface area contributed by atoms with Crippen LogP contribution in [-0.4, -0.2) is 27.6 Å². The molecule has 1 aromatic heterocycles. The minimum Gasteiger partial charge on any atom is -0.351 e. The standard InChI is InChI=1S/C14H16FN3OS3/c1-2-7-20-13-17-18-14(22-13)21-9-12(19)16-8-10-3-5-11(15)6-4-10/h3-6H,2,7-9H2,1H3,(H,16,19). The number of rotatable bonds is 8. The van der Waals surface area contributed by atoms with Gasteiger partial charge in [0.05, 0.1) is 5.75 Å². The maximum absolute atomic E-state index is 12.8. The van der Waals surface area contributed by atoms with Gasteiger partial charge in [0.1, 0.15) is 5.82 Å². The summed E-state index contributed by atoms with van der Waals surface area (Å²) < 4.78 is 14.5. The Morgan fingerprint density at radius 3 is 2.59 bits per heavy atom. The monoisotopic (exact) mass is 357 g/mol. The number of carbonyl (C=O) groups is 1. The molecule has 2 rings (SSSR count). The van der Waals surface area contributed by atoms with Crippen LogP contribution in [0, 0.1) is 5.82 Å². The van der Waals surface area contributed by atoms with Crippen LogP contribution in [0.2, 0.25) is 0 Å². The third kappa shape index (κ3) is 5.94. The molecule has 4 nitrogen and oxygen atoms in total. The molecule has 118 valence electrons. The van der Waals surface area contributed by atoms with Gasteiger partial charge in [-0.2, -0.15) is 0 Å². The normalized spacial score (nSPS) is 10.6. The molecular formula is C14H16FN3OS3. The van der Waals surface area contributed by atoms with Crippen LogP contribution < -0.4 is 5.32 Å². The van der Waals surface area contributed by atoms with Crippen molar-refractivity contribution >= 4 is 40.8 Å². The van der Waals surface area contributed by atoms with Gasteiger partial charge in [0, 0.05) is 12.3 Å². The second-order valence-electron chi connectivity index (χ2n) is 4.37. The lowest BCUT2D eigenvalue weighted by atomic mass is 10.2. The van der Waals surface area contributed by atoms with Gasteiger partial charge in [-0.1, -0.05) is 53.9 Å². The summed E-state index contributed by atoms with van der Waals surface area (Å²) in [6.07, 6.45) is 1.10. The Balaban J connectivity index is 1.71. The number of nitrogens with zero attached hydrogens (tertiary/aromatic N) is 2. The van der Waals surface area contributed by atoms with Crippen molar-refractivity contribution in [2.45, 2.75) is 28.6 Å². The molecule has 0 saturated carbocycles. The predicted molar refractivity (Wildman–Crippen MR) is 89.9 cm³/mol. The summed E-state index contributed by atoms with van der Waals surface area (Å²) in [4.78, 5) is 11.8. The van der Waals surface area contributed by atoms with Gasteiger partial charge >= 0.3 is 0 Å². The smallest absolute Gasteiger partial charge is 0.230 e. The van der Waals surface area contributed by atoms with Crippen molar-refractivity contribution < 1.29 is 9.18 Å². The number of carbonyl (C=O) groups excluding carboxylic acids is 1. The molecule has 2 aromatic rings. The minimum absolute atomic E-state index is 0.0766. The molecule has 1 amide bonds. The van der Waals surface area contributed by atoms with Crippen LogP contribution in [-0.2, 0) is 11.3 Å². The van der Waals surface area contributed by atoms with Crippen LogP contribution >= 0.6 is 34.9 Å². The first kappa shape index (κ1) is 17.2. The van der Waals surface area contributed by atoms with E-state index in [0.29, 0.717) is 12.3 Å². The molecule has 0 radical (unpaired) electrons. The van der Waals surface area contributed by atoms with E-state index < -0.39 is 0 Å². The third-order valence-electron chi connectivity index (χ3n) is 2.55. The summed E-state index contributed by atoms with van der Waals surface area (Å²) in [5, 5.41) is 10.9. The van der Waals surface area contributed by atoms with E-state index >= 15 is 0 Å². The Morgan fingerprint density at radius 2 is 1.91 bits per heavy atom. The zero-order valence-corrected chi connectivity index (χ0v) is 14.5. The third-order valence-corrected chi connectivity index (χ3v) is 5.94. The first-order chi connectivity index (χ1) is 10.7. The Bertz CT molecular complexity index is 604. The summed E-state index contributed by atoms with van der Waals surface area (Å²) in [5.41, 5.74) is 0.869. The van der Waals surface area contributed by atoms with E-state index in [9.17, 15) is 9.18 Å². The molecule has 0 saturated heterocycles. The van der Waals surface area contributed by atoms with Crippen molar-refractivity contribution in [3.8, 4) is 0 Å². The lowest BCUT2D eigenvalue weighted by Gasteiger charge is -2.04. The number of benzene rings is 1. The Kier molecular flexibility index (Phi) is 7.14. The largest absolute Gasteiger partial charge is 0.351 e. The van der Waals surface area contributed by atoms with Gasteiger partial charge in [-0.3, -0.25) is 4.79 Å². The van der Waals surface area contributed by atoms with Crippen molar-refractivity contribution in [1.29, 1.82) is 0 Å². The summed E-state index contributed by atoms with van der Waals surface area (Å²) in [7, 11) is 0. The van der Waals surface area contributed by atoms with Gasteiger partial charge in [0.15, 0.2) is 8.68 Å². The van der Waals surface area contributed by atoms with E-state index in [1.165, 1.54) is 35.2 Å². The second kappa shape index (κ2) is 9.12. The van der Waals surface area contributed by atoms with Crippen molar-refractivity contribution in [2.24, 2.45) is 0 Å². The van der Waals surface area contributed by atoms with Crippen molar-refractivity contribution in [1.82, 2.24) is 15.5 Å². The molecule has 0 bridgehead atoms. The summed E-state index contributed by atoms with van der Waals surface area (Å²) in [6, 6.07) is 6.08. The molecule has 1 heterocycles. The van der Waals surface area contributed by atoms with Crippen molar-refractivity contribution in [3.05, 3.63) is 35.6 Å². The fourth-order valence-electron chi connectivity index (χ4n) is 1.48. The van der Waals surface area contributed by atoms with Gasteiger partial charge in [-0.05, 0) is 24.1 Å². The average Bonchev–Trinajstić information content (AvgIpc) is 2.98. The van der Waals surface area contributed by atoms with Gasteiger partial charge < -0.3 is 5.32 Å². The van der Waals surface area contributed by atoms with Crippen molar-refractivity contribution in [3.63, 3.8) is 0 Å². The number of nitrogens with one attached hydrogen (secondary N) is 1. The zero-order chi connectivity index (χ0) is 15.8. The van der Waals surface area contributed by atoms with Gasteiger partial charge in [0.2, 0.25) is 5.91 Å². The van der Waals surface area contributed by atoms with E-state index in [1.54, 1.807) is 23.9 Å². The van der Waals surface area contributed by atoms with Crippen LogP contribution in [0.4, 0.5) is 4.39 Å². The lowest BCUT2D eigenvalue weighted by molar-refractivity contribution is -0.118. The summed E-state index contributed by atoms with van der Waals surface area (Å²) in [6.45, 7) is 2.52. The van der Waals surface area contributed by atoms with Crippen LogP contribution in [0.3, 0.4) is 0 Å². The quantitative estimate of drug-likeness (QED) is 0.732. The molecule has 0 aliphatic heterocycles. The minimum atomic E-state index is -0.279. The molecule has 1 N–H and O–H groups in total. The van der Waals surface area contributed by atoms with E-state index in [4.69, 9.17) is 0 Å². The van der Waals surface area contributed by atoms with Crippen LogP contribution in [0.5, 0.6) is 0 Å². The fraction of sp³-hybridized carbons (Fsp3) is 0.357. The lowest BCUT2D eigenvalue weighted by Crippen LogP contribution is -2.24. The van der Waals surface area contributed by atoms with Crippen LogP contribution in [0.1, 0.15) is 18.9 Å². The predicted octanol–water partition coefficient (Wildman–Crippen LogP) is 3.59. The highest BCUT2D eigenvalue weighted by molar-refractivity contribution is 8.03. The fourth-order valence-corrected chi connectivity index (χ4v) is 4.26. The number of hydrogen-bond acceptors (Lipinski definition) is 6. The first-order valence-corrected chi connectivity index (χ1v) is 9.56. The highest BCUT2D eigenvalue weighted by Crippen LogP contribution is 2.28. The molecule has 0 fully saturated rings. The molecule has 1 aromatic carbocycles. The topological polar surface area (TPSA) is 54.9 Å². The molecule has 0 aliphatic rings. The molecule has 22 heavy (non-hydrogen) atoms. The number of aromatic nitrogens is 2. The van der Waals surface area contributed by atoms with Crippen molar-refractivity contribution in [2.75, 3.05) is 11.5 Å². The van der Waals surface area contributed by atoms with E-state index in [1.807, 2.05) is 0 Å². The molecule has 0 spiro atoms. The molecule has 0 aliphatic carbocycles. The maximum Gasteiger partial charge on any atom is 0.230 e. The van der Waals surface area contributed by atoms with E-state index in [-0.39, 0.29) is 11.7 Å². The highest BCUT2D eigenvalue weighted by Gasteiger charge is 2.08. The molecule has 0 atom stereocenters. The SMILES string of the molecule is CCCSc1nnc(SCC(=O)NCc2ccc(F)cc2)s1. The summed E-state index contributed by atoms with van der Waals surface area (Å²) in [5.74, 6) is 0.970.